The molecule has 0 saturated heterocycles. The summed E-state index contributed by atoms with van der Waals surface area (Å²) in [4.78, 5) is 14.7. The zero-order valence-corrected chi connectivity index (χ0v) is 23.4. The van der Waals surface area contributed by atoms with Gasteiger partial charge in [0.05, 0.1) is 56.0 Å². The van der Waals surface area contributed by atoms with E-state index in [1.807, 2.05) is 4.90 Å². The van der Waals surface area contributed by atoms with Crippen molar-refractivity contribution in [2.75, 3.05) is 32.2 Å². The number of azo groups is 1. The summed E-state index contributed by atoms with van der Waals surface area (Å²) in [6, 6.07) is 20.8. The zero-order chi connectivity index (χ0) is 28.9. The van der Waals surface area contributed by atoms with Gasteiger partial charge in [-0.1, -0.05) is 15.9 Å². The number of methoxy groups -OCH3 is 2. The van der Waals surface area contributed by atoms with Gasteiger partial charge in [-0.15, -0.1) is 15.3 Å². The number of nitriles is 2. The van der Waals surface area contributed by atoms with Gasteiger partial charge in [-0.3, -0.25) is 4.79 Å². The van der Waals surface area contributed by atoms with Crippen LogP contribution < -0.4 is 19.8 Å². The van der Waals surface area contributed by atoms with Crippen LogP contribution in [0.3, 0.4) is 0 Å². The molecule has 0 spiro atoms. The number of anilines is 1. The predicted octanol–water partition coefficient (Wildman–Crippen LogP) is 5.68. The van der Waals surface area contributed by atoms with Gasteiger partial charge in [0.25, 0.3) is 5.91 Å². The van der Waals surface area contributed by atoms with Gasteiger partial charge >= 0.3 is 0 Å². The summed E-state index contributed by atoms with van der Waals surface area (Å²) < 4.78 is 11.4. The van der Waals surface area contributed by atoms with E-state index in [2.05, 4.69) is 48.8 Å². The Morgan fingerprint density at radius 3 is 2.30 bits per heavy atom. The number of phenolic OH excluding ortho intramolecular Hbond substituents is 1. The molecule has 0 unspecified atom stereocenters. The summed E-state index contributed by atoms with van der Waals surface area (Å²) in [5, 5.41) is 40.9. The summed E-state index contributed by atoms with van der Waals surface area (Å²) in [5.41, 5.74) is 4.10. The molecule has 0 fully saturated rings. The van der Waals surface area contributed by atoms with Gasteiger partial charge in [0.15, 0.2) is 0 Å². The van der Waals surface area contributed by atoms with Crippen molar-refractivity contribution in [2.45, 2.75) is 12.8 Å². The van der Waals surface area contributed by atoms with Crippen molar-refractivity contribution in [2.24, 2.45) is 15.3 Å². The van der Waals surface area contributed by atoms with Gasteiger partial charge in [0, 0.05) is 29.3 Å². The Kier molecular flexibility index (Phi) is 11.0. The highest BCUT2D eigenvalue weighted by atomic mass is 79.9. The minimum Gasteiger partial charge on any atom is -0.507 e. The number of hydrogen-bond donors (Lipinski definition) is 2. The normalized spacial score (nSPS) is 11.0. The van der Waals surface area contributed by atoms with Gasteiger partial charge in [-0.25, -0.2) is 5.43 Å². The first kappa shape index (κ1) is 29.6. The number of phenols is 1. The molecule has 0 bridgehead atoms. The van der Waals surface area contributed by atoms with Crippen LogP contribution in [0.5, 0.6) is 17.2 Å². The van der Waals surface area contributed by atoms with E-state index in [0.29, 0.717) is 40.3 Å². The quantitative estimate of drug-likeness (QED) is 0.123. The highest BCUT2D eigenvalue weighted by Crippen LogP contribution is 2.28. The van der Waals surface area contributed by atoms with E-state index in [-0.39, 0.29) is 30.0 Å². The van der Waals surface area contributed by atoms with Crippen molar-refractivity contribution < 1.29 is 19.4 Å². The molecule has 3 aromatic rings. The van der Waals surface area contributed by atoms with Crippen LogP contribution >= 0.6 is 15.9 Å². The van der Waals surface area contributed by atoms with Crippen LogP contribution in [-0.2, 0) is 0 Å². The molecule has 12 heteroatoms. The molecule has 0 aliphatic carbocycles. The second kappa shape index (κ2) is 14.9. The topological polar surface area (TPSA) is 156 Å². The number of amidine groups is 1. The van der Waals surface area contributed by atoms with Crippen molar-refractivity contribution in [3.8, 4) is 29.4 Å². The average molecular weight is 604 g/mol. The molecule has 0 aliphatic rings. The first-order valence-electron chi connectivity index (χ1n) is 12.0. The summed E-state index contributed by atoms with van der Waals surface area (Å²) in [7, 11) is 3.04. The molecule has 0 saturated carbocycles. The number of nitrogens with zero attached hydrogens (tertiary/aromatic N) is 6. The predicted molar refractivity (Wildman–Crippen MR) is 153 cm³/mol. The van der Waals surface area contributed by atoms with Crippen LogP contribution in [0.1, 0.15) is 28.8 Å². The van der Waals surface area contributed by atoms with Crippen LogP contribution in [0.4, 0.5) is 11.4 Å². The number of hydrogen-bond acceptors (Lipinski definition) is 9. The van der Waals surface area contributed by atoms with E-state index in [1.54, 1.807) is 55.6 Å². The Bertz CT molecular complexity index is 1460. The Labute approximate surface area is 240 Å². The third-order valence-corrected chi connectivity index (χ3v) is 6.07. The standard InChI is InChI=1S/C28H26BrN7O4/c1-39-22-9-6-20(7-10-22)32-33-27(34-35-28(38)24-17-19(29)5-12-25(24)37)23-11-8-21(18-26(23)40-2)36(15-3-13-30)16-4-14-31/h5-12,17-18,37H,3-4,15-16H2,1-2H3,(H,35,38)/b33-32?,34-27+. The molecule has 0 aliphatic heterocycles. The number of hydrazone groups is 1. The smallest absolute Gasteiger partial charge is 0.275 e. The fourth-order valence-electron chi connectivity index (χ4n) is 3.55. The first-order chi connectivity index (χ1) is 19.4. The Balaban J connectivity index is 2.01. The fraction of sp³-hybridized carbons (Fsp3) is 0.214. The van der Waals surface area contributed by atoms with Gasteiger partial charge in [-0.2, -0.15) is 10.5 Å². The monoisotopic (exact) mass is 603 g/mol. The van der Waals surface area contributed by atoms with Crippen molar-refractivity contribution in [3.63, 3.8) is 0 Å². The maximum atomic E-state index is 12.8. The summed E-state index contributed by atoms with van der Waals surface area (Å²) >= 11 is 3.29. The van der Waals surface area contributed by atoms with E-state index in [4.69, 9.17) is 20.0 Å². The van der Waals surface area contributed by atoms with Crippen molar-refractivity contribution in [1.29, 1.82) is 10.5 Å². The molecule has 3 rings (SSSR count). The Hall–Kier alpha value is -4.94. The molecule has 40 heavy (non-hydrogen) atoms. The van der Waals surface area contributed by atoms with Gasteiger partial charge < -0.3 is 19.5 Å². The van der Waals surface area contributed by atoms with E-state index in [0.717, 1.165) is 5.69 Å². The van der Waals surface area contributed by atoms with Crippen LogP contribution in [0.15, 0.2) is 80.5 Å². The average Bonchev–Trinajstić information content (AvgIpc) is 2.98. The lowest BCUT2D eigenvalue weighted by Crippen LogP contribution is -2.25. The SMILES string of the molecule is COc1ccc(N=N/C(=N/NC(=O)c2cc(Br)ccc2O)c2ccc(N(CCC#N)CCC#N)cc2OC)cc1. The lowest BCUT2D eigenvalue weighted by Gasteiger charge is -2.23. The van der Waals surface area contributed by atoms with Crippen LogP contribution in [0, 0.1) is 22.7 Å². The lowest BCUT2D eigenvalue weighted by atomic mass is 10.1. The van der Waals surface area contributed by atoms with Crippen LogP contribution in [0.25, 0.3) is 0 Å². The lowest BCUT2D eigenvalue weighted by molar-refractivity contribution is 0.0952. The van der Waals surface area contributed by atoms with E-state index >= 15 is 0 Å². The number of nitrogens with one attached hydrogen (secondary N) is 1. The van der Waals surface area contributed by atoms with Crippen molar-refractivity contribution in [3.05, 3.63) is 76.3 Å². The Morgan fingerprint density at radius 1 is 0.975 bits per heavy atom. The van der Waals surface area contributed by atoms with Crippen molar-refractivity contribution >= 4 is 39.0 Å². The van der Waals surface area contributed by atoms with E-state index in [9.17, 15) is 9.90 Å². The molecular formula is C28H26BrN7O4. The number of halogens is 1. The van der Waals surface area contributed by atoms with Crippen LogP contribution in [-0.4, -0.2) is 44.2 Å². The van der Waals surface area contributed by atoms with E-state index in [1.165, 1.54) is 19.2 Å². The number of rotatable bonds is 11. The molecule has 0 atom stereocenters. The molecule has 2 N–H and O–H groups in total. The first-order valence-corrected chi connectivity index (χ1v) is 12.8. The Morgan fingerprint density at radius 2 is 1.68 bits per heavy atom. The highest BCUT2D eigenvalue weighted by molar-refractivity contribution is 9.10. The number of benzene rings is 3. The van der Waals surface area contributed by atoms with Gasteiger partial charge in [0.2, 0.25) is 5.84 Å². The van der Waals surface area contributed by atoms with Gasteiger partial charge in [-0.05, 0) is 54.6 Å². The molecule has 3 aromatic carbocycles. The molecule has 0 aromatic heterocycles. The minimum absolute atomic E-state index is 0.0116. The largest absolute Gasteiger partial charge is 0.507 e. The van der Waals surface area contributed by atoms with Gasteiger partial charge in [0.1, 0.15) is 17.2 Å². The summed E-state index contributed by atoms with van der Waals surface area (Å²) in [5.74, 6) is 0.189. The molecular weight excluding hydrogens is 578 g/mol. The van der Waals surface area contributed by atoms with Crippen molar-refractivity contribution in [1.82, 2.24) is 5.43 Å². The number of aromatic hydroxyl groups is 1. The van der Waals surface area contributed by atoms with E-state index < -0.39 is 5.91 Å². The zero-order valence-electron chi connectivity index (χ0n) is 21.8. The second-order valence-electron chi connectivity index (χ2n) is 8.12. The third-order valence-electron chi connectivity index (χ3n) is 5.58. The van der Waals surface area contributed by atoms with Crippen LogP contribution in [0.2, 0.25) is 0 Å². The number of carbonyl (C=O) groups excluding carboxylic acids is 1. The molecule has 0 radical (unpaired) electrons. The second-order valence-corrected chi connectivity index (χ2v) is 9.04. The summed E-state index contributed by atoms with van der Waals surface area (Å²) in [6.07, 6.45) is 0.569. The maximum Gasteiger partial charge on any atom is 0.275 e. The highest BCUT2D eigenvalue weighted by Gasteiger charge is 2.17. The number of carbonyl (C=O) groups is 1. The molecule has 11 nitrogen and oxygen atoms in total. The molecule has 0 heterocycles. The number of ether oxygens (including phenoxy) is 2. The summed E-state index contributed by atoms with van der Waals surface area (Å²) in [6.45, 7) is 0.871. The maximum absolute atomic E-state index is 12.8. The fourth-order valence-corrected chi connectivity index (χ4v) is 3.91. The minimum atomic E-state index is -0.661. The molecule has 204 valence electrons. The number of amides is 1. The third kappa shape index (κ3) is 8.03. The molecule has 1 amide bonds.